The van der Waals surface area contributed by atoms with E-state index in [2.05, 4.69) is 14.8 Å². The lowest BCUT2D eigenvalue weighted by Crippen LogP contribution is -2.32. The number of nitrogens with zero attached hydrogens (tertiary/aromatic N) is 3. The van der Waals surface area contributed by atoms with Crippen molar-refractivity contribution in [1.29, 1.82) is 0 Å². The van der Waals surface area contributed by atoms with Gasteiger partial charge in [-0.05, 0) is 19.0 Å². The average Bonchev–Trinajstić information content (AvgIpc) is 2.55. The molecule has 0 aliphatic carbocycles. The number of β-amino-alcohol motifs (C(OH)–C–C–N with tert-alkyl or cyclic N) is 1. The second-order valence-corrected chi connectivity index (χ2v) is 4.34. The Bertz CT molecular complexity index is 358. The zero-order valence-corrected chi connectivity index (χ0v) is 10.0. The van der Waals surface area contributed by atoms with Crippen molar-refractivity contribution in [1.82, 2.24) is 9.88 Å². The molecule has 1 aliphatic heterocycles. The summed E-state index contributed by atoms with van der Waals surface area (Å²) in [5.41, 5.74) is 6.84. The Morgan fingerprint density at radius 1 is 1.29 bits per heavy atom. The summed E-state index contributed by atoms with van der Waals surface area (Å²) in [5.74, 6) is 0.568. The predicted octanol–water partition coefficient (Wildman–Crippen LogP) is 0.168. The molecule has 1 aliphatic rings. The Balaban J connectivity index is 1.99. The number of hydrogen-bond acceptors (Lipinski definition) is 5. The number of nitrogen functional groups attached to an aromatic ring is 1. The Morgan fingerprint density at radius 3 is 2.94 bits per heavy atom. The number of aromatic nitrogens is 1. The van der Waals surface area contributed by atoms with E-state index in [-0.39, 0.29) is 6.61 Å². The van der Waals surface area contributed by atoms with Crippen molar-refractivity contribution in [3.05, 3.63) is 18.3 Å². The first kappa shape index (κ1) is 12.1. The molecule has 3 N–H and O–H groups in total. The van der Waals surface area contributed by atoms with Crippen molar-refractivity contribution in [3.63, 3.8) is 0 Å². The molecule has 0 saturated carbocycles. The van der Waals surface area contributed by atoms with Crippen molar-refractivity contribution in [2.24, 2.45) is 0 Å². The zero-order chi connectivity index (χ0) is 12.1. The van der Waals surface area contributed by atoms with E-state index in [0.29, 0.717) is 5.82 Å². The lowest BCUT2D eigenvalue weighted by Gasteiger charge is -2.23. The molecule has 1 saturated heterocycles. The third kappa shape index (κ3) is 3.31. The molecule has 0 bridgehead atoms. The van der Waals surface area contributed by atoms with E-state index in [9.17, 15) is 0 Å². The molecule has 2 rings (SSSR count). The van der Waals surface area contributed by atoms with Crippen molar-refractivity contribution in [3.8, 4) is 0 Å². The molecular weight excluding hydrogens is 216 g/mol. The molecule has 1 fully saturated rings. The van der Waals surface area contributed by atoms with E-state index in [1.165, 1.54) is 0 Å². The van der Waals surface area contributed by atoms with Crippen LogP contribution in [0.5, 0.6) is 0 Å². The van der Waals surface area contributed by atoms with Crippen LogP contribution in [0, 0.1) is 0 Å². The second-order valence-electron chi connectivity index (χ2n) is 4.34. The molecule has 5 heteroatoms. The number of rotatable bonds is 3. The standard InChI is InChI=1S/C12H20N4O/c13-12-10-11(2-3-14-12)16-5-1-4-15(6-7-16)8-9-17/h2-3,10,17H,1,4-9H2,(H2,13,14). The molecule has 17 heavy (non-hydrogen) atoms. The van der Waals surface area contributed by atoms with Crippen LogP contribution in [0.25, 0.3) is 0 Å². The number of aliphatic hydroxyl groups excluding tert-OH is 1. The van der Waals surface area contributed by atoms with Gasteiger partial charge in [0.15, 0.2) is 0 Å². The highest BCUT2D eigenvalue weighted by Gasteiger charge is 2.14. The first-order chi connectivity index (χ1) is 8.29. The summed E-state index contributed by atoms with van der Waals surface area (Å²) in [6.07, 6.45) is 2.86. The van der Waals surface area contributed by atoms with Gasteiger partial charge in [0, 0.05) is 44.1 Å². The summed E-state index contributed by atoms with van der Waals surface area (Å²) in [6, 6.07) is 3.92. The molecule has 0 radical (unpaired) electrons. The summed E-state index contributed by atoms with van der Waals surface area (Å²) in [5, 5.41) is 8.95. The minimum Gasteiger partial charge on any atom is -0.395 e. The molecule has 1 aromatic rings. The fourth-order valence-corrected chi connectivity index (χ4v) is 2.23. The molecule has 2 heterocycles. The molecule has 0 aromatic carbocycles. The Labute approximate surface area is 102 Å². The Hall–Kier alpha value is -1.33. The van der Waals surface area contributed by atoms with Crippen LogP contribution in [0.15, 0.2) is 18.3 Å². The SMILES string of the molecule is Nc1cc(N2CCCN(CCO)CC2)ccn1. The van der Waals surface area contributed by atoms with Crippen molar-refractivity contribution in [2.75, 3.05) is 50.0 Å². The maximum Gasteiger partial charge on any atom is 0.125 e. The fourth-order valence-electron chi connectivity index (χ4n) is 2.23. The van der Waals surface area contributed by atoms with Crippen LogP contribution in [-0.2, 0) is 0 Å². The summed E-state index contributed by atoms with van der Waals surface area (Å²) in [4.78, 5) is 8.64. The molecule has 0 unspecified atom stereocenters. The van der Waals surface area contributed by atoms with Crippen LogP contribution in [0.4, 0.5) is 11.5 Å². The third-order valence-electron chi connectivity index (χ3n) is 3.13. The molecule has 94 valence electrons. The third-order valence-corrected chi connectivity index (χ3v) is 3.13. The van der Waals surface area contributed by atoms with Gasteiger partial charge in [-0.1, -0.05) is 0 Å². The van der Waals surface area contributed by atoms with Gasteiger partial charge in [0.1, 0.15) is 5.82 Å². The summed E-state index contributed by atoms with van der Waals surface area (Å²) in [7, 11) is 0. The van der Waals surface area contributed by atoms with Crippen LogP contribution in [0.1, 0.15) is 6.42 Å². The molecule has 0 spiro atoms. The monoisotopic (exact) mass is 236 g/mol. The van der Waals surface area contributed by atoms with Gasteiger partial charge in [-0.2, -0.15) is 0 Å². The van der Waals surface area contributed by atoms with Gasteiger partial charge in [-0.3, -0.25) is 4.90 Å². The van der Waals surface area contributed by atoms with E-state index >= 15 is 0 Å². The largest absolute Gasteiger partial charge is 0.395 e. The average molecular weight is 236 g/mol. The fraction of sp³-hybridized carbons (Fsp3) is 0.583. The van der Waals surface area contributed by atoms with Gasteiger partial charge in [-0.25, -0.2) is 4.98 Å². The molecule has 0 atom stereocenters. The number of aliphatic hydroxyl groups is 1. The van der Waals surface area contributed by atoms with Gasteiger partial charge >= 0.3 is 0 Å². The van der Waals surface area contributed by atoms with Crippen LogP contribution in [0.2, 0.25) is 0 Å². The lowest BCUT2D eigenvalue weighted by atomic mass is 10.3. The zero-order valence-electron chi connectivity index (χ0n) is 10.0. The topological polar surface area (TPSA) is 65.6 Å². The van der Waals surface area contributed by atoms with Crippen molar-refractivity contribution >= 4 is 11.5 Å². The smallest absolute Gasteiger partial charge is 0.125 e. The normalized spacial score (nSPS) is 18.1. The minimum absolute atomic E-state index is 0.238. The summed E-state index contributed by atoms with van der Waals surface area (Å²) in [6.45, 7) is 5.06. The van der Waals surface area contributed by atoms with Gasteiger partial charge in [0.2, 0.25) is 0 Å². The molecule has 5 nitrogen and oxygen atoms in total. The number of pyridine rings is 1. The molecule has 0 amide bonds. The van der Waals surface area contributed by atoms with Gasteiger partial charge < -0.3 is 15.7 Å². The minimum atomic E-state index is 0.238. The van der Waals surface area contributed by atoms with Gasteiger partial charge in [0.05, 0.1) is 6.61 Å². The van der Waals surface area contributed by atoms with E-state index in [1.807, 2.05) is 12.1 Å². The first-order valence-corrected chi connectivity index (χ1v) is 6.09. The van der Waals surface area contributed by atoms with Crippen LogP contribution in [0.3, 0.4) is 0 Å². The van der Waals surface area contributed by atoms with Crippen LogP contribution in [-0.4, -0.2) is 54.3 Å². The van der Waals surface area contributed by atoms with E-state index in [0.717, 1.165) is 44.8 Å². The quantitative estimate of drug-likeness (QED) is 0.783. The number of hydrogen-bond donors (Lipinski definition) is 2. The lowest BCUT2D eigenvalue weighted by molar-refractivity contribution is 0.204. The number of nitrogens with two attached hydrogens (primary N) is 1. The highest BCUT2D eigenvalue weighted by Crippen LogP contribution is 2.17. The predicted molar refractivity (Wildman–Crippen MR) is 69.0 cm³/mol. The van der Waals surface area contributed by atoms with E-state index in [4.69, 9.17) is 10.8 Å². The first-order valence-electron chi connectivity index (χ1n) is 6.09. The highest BCUT2D eigenvalue weighted by molar-refractivity contribution is 5.52. The highest BCUT2D eigenvalue weighted by atomic mass is 16.3. The van der Waals surface area contributed by atoms with Gasteiger partial charge in [-0.15, -0.1) is 0 Å². The van der Waals surface area contributed by atoms with Crippen molar-refractivity contribution in [2.45, 2.75) is 6.42 Å². The summed E-state index contributed by atoms with van der Waals surface area (Å²) < 4.78 is 0. The molecular formula is C12H20N4O. The van der Waals surface area contributed by atoms with Crippen molar-refractivity contribution < 1.29 is 5.11 Å². The maximum atomic E-state index is 8.95. The maximum absolute atomic E-state index is 8.95. The van der Waals surface area contributed by atoms with Crippen LogP contribution < -0.4 is 10.6 Å². The molecule has 1 aromatic heterocycles. The van der Waals surface area contributed by atoms with E-state index < -0.39 is 0 Å². The second kappa shape index (κ2) is 5.84. The van der Waals surface area contributed by atoms with Crippen LogP contribution >= 0.6 is 0 Å². The number of anilines is 2. The van der Waals surface area contributed by atoms with Gasteiger partial charge in [0.25, 0.3) is 0 Å². The van der Waals surface area contributed by atoms with E-state index in [1.54, 1.807) is 6.20 Å². The Kier molecular flexibility index (Phi) is 4.17. The Morgan fingerprint density at radius 2 is 2.18 bits per heavy atom. The summed E-state index contributed by atoms with van der Waals surface area (Å²) >= 11 is 0.